The van der Waals surface area contributed by atoms with Crippen molar-refractivity contribution in [2.75, 3.05) is 11.5 Å². The Balaban J connectivity index is 1.40. The first-order valence-corrected chi connectivity index (χ1v) is 11.5. The molecule has 0 aromatic carbocycles. The van der Waals surface area contributed by atoms with Crippen molar-refractivity contribution in [2.24, 2.45) is 5.92 Å². The van der Waals surface area contributed by atoms with Gasteiger partial charge in [0.15, 0.2) is 0 Å². The molecule has 4 rings (SSSR count). The molecule has 1 aliphatic carbocycles. The van der Waals surface area contributed by atoms with Crippen LogP contribution in [-0.2, 0) is 27.5 Å². The third-order valence-electron chi connectivity index (χ3n) is 5.14. The minimum atomic E-state index is -2.90. The molecule has 1 saturated heterocycles. The molecule has 8 heteroatoms. The van der Waals surface area contributed by atoms with Crippen LogP contribution < -0.4 is 5.32 Å². The number of nitrogens with zero attached hydrogens (tertiary/aromatic N) is 2. The van der Waals surface area contributed by atoms with E-state index in [0.29, 0.717) is 19.3 Å². The number of thiazole rings is 1. The molecule has 0 bridgehead atoms. The molecule has 138 valence electrons. The topological polar surface area (TPSA) is 89.0 Å². The van der Waals surface area contributed by atoms with Gasteiger partial charge in [0.05, 0.1) is 17.2 Å². The number of hydrogen-bond acceptors (Lipinski definition) is 6. The lowest BCUT2D eigenvalue weighted by Crippen LogP contribution is -2.44. The van der Waals surface area contributed by atoms with E-state index in [0.717, 1.165) is 29.1 Å². The van der Waals surface area contributed by atoms with Gasteiger partial charge in [0.2, 0.25) is 5.91 Å². The van der Waals surface area contributed by atoms with E-state index in [1.807, 2.05) is 12.1 Å². The highest BCUT2D eigenvalue weighted by molar-refractivity contribution is 7.91. The minimum Gasteiger partial charge on any atom is -0.353 e. The summed E-state index contributed by atoms with van der Waals surface area (Å²) in [4.78, 5) is 22.7. The van der Waals surface area contributed by atoms with E-state index in [1.165, 1.54) is 4.88 Å². The Bertz CT molecular complexity index is 895. The van der Waals surface area contributed by atoms with Gasteiger partial charge in [-0.2, -0.15) is 0 Å². The van der Waals surface area contributed by atoms with E-state index in [2.05, 4.69) is 10.3 Å². The van der Waals surface area contributed by atoms with Crippen molar-refractivity contribution in [3.05, 3.63) is 35.1 Å². The maximum atomic E-state index is 12.6. The molecular weight excluding hydrogens is 370 g/mol. The summed E-state index contributed by atoms with van der Waals surface area (Å²) in [6.45, 7) is 0. The monoisotopic (exact) mass is 391 g/mol. The molecule has 1 fully saturated rings. The number of amides is 1. The van der Waals surface area contributed by atoms with Crippen LogP contribution in [0, 0.1) is 5.92 Å². The highest BCUT2D eigenvalue weighted by atomic mass is 32.2. The predicted molar refractivity (Wildman–Crippen MR) is 101 cm³/mol. The lowest BCUT2D eigenvalue weighted by molar-refractivity contribution is -0.126. The molecule has 0 radical (unpaired) electrons. The van der Waals surface area contributed by atoms with Crippen molar-refractivity contribution in [3.8, 4) is 10.6 Å². The Morgan fingerprint density at radius 1 is 1.15 bits per heavy atom. The zero-order chi connectivity index (χ0) is 18.1. The van der Waals surface area contributed by atoms with Crippen LogP contribution in [0.25, 0.3) is 10.6 Å². The molecular formula is C18H21N3O3S2. The summed E-state index contributed by atoms with van der Waals surface area (Å²) in [7, 11) is -2.90. The van der Waals surface area contributed by atoms with Gasteiger partial charge in [0.25, 0.3) is 0 Å². The number of aryl methyl sites for hydroxylation is 1. The molecule has 1 atom stereocenters. The van der Waals surface area contributed by atoms with Gasteiger partial charge in [0.1, 0.15) is 14.8 Å². The molecule has 2 aliphatic rings. The number of pyridine rings is 1. The molecule has 6 nitrogen and oxygen atoms in total. The van der Waals surface area contributed by atoms with Crippen molar-refractivity contribution in [2.45, 2.75) is 38.1 Å². The molecule has 2 aromatic heterocycles. The van der Waals surface area contributed by atoms with Crippen LogP contribution in [0.15, 0.2) is 24.5 Å². The van der Waals surface area contributed by atoms with Crippen molar-refractivity contribution in [1.82, 2.24) is 15.3 Å². The summed E-state index contributed by atoms with van der Waals surface area (Å²) in [5, 5.41) is 4.04. The fourth-order valence-electron chi connectivity index (χ4n) is 3.57. The first kappa shape index (κ1) is 17.6. The molecule has 26 heavy (non-hydrogen) atoms. The van der Waals surface area contributed by atoms with Crippen LogP contribution in [0.4, 0.5) is 0 Å². The number of aromatic nitrogens is 2. The van der Waals surface area contributed by atoms with Gasteiger partial charge in [-0.3, -0.25) is 9.78 Å². The highest BCUT2D eigenvalue weighted by Crippen LogP contribution is 2.34. The van der Waals surface area contributed by atoms with E-state index in [4.69, 9.17) is 4.98 Å². The second-order valence-electron chi connectivity index (χ2n) is 7.00. The smallest absolute Gasteiger partial charge is 0.223 e. The van der Waals surface area contributed by atoms with Crippen LogP contribution in [0.1, 0.15) is 29.8 Å². The summed E-state index contributed by atoms with van der Waals surface area (Å²) in [5.74, 6) is 0.314. The van der Waals surface area contributed by atoms with E-state index >= 15 is 0 Å². The largest absolute Gasteiger partial charge is 0.353 e. The molecule has 1 unspecified atom stereocenters. The maximum absolute atomic E-state index is 12.6. The number of rotatable bonds is 3. The zero-order valence-corrected chi connectivity index (χ0v) is 16.0. The van der Waals surface area contributed by atoms with Crippen molar-refractivity contribution >= 4 is 27.1 Å². The highest BCUT2D eigenvalue weighted by Gasteiger charge is 2.31. The Morgan fingerprint density at radius 2 is 1.88 bits per heavy atom. The van der Waals surface area contributed by atoms with Gasteiger partial charge >= 0.3 is 0 Å². The third kappa shape index (κ3) is 3.81. The summed E-state index contributed by atoms with van der Waals surface area (Å²) < 4.78 is 23.0. The Labute approximate surface area is 157 Å². The van der Waals surface area contributed by atoms with Crippen LogP contribution in [0.3, 0.4) is 0 Å². The van der Waals surface area contributed by atoms with Gasteiger partial charge in [-0.15, -0.1) is 11.3 Å². The number of fused-ring (bicyclic) bond motifs is 1. The molecule has 1 N–H and O–H groups in total. The van der Waals surface area contributed by atoms with Crippen molar-refractivity contribution in [3.63, 3.8) is 0 Å². The predicted octanol–water partition coefficient (Wildman–Crippen LogP) is 2.00. The summed E-state index contributed by atoms with van der Waals surface area (Å²) in [5.41, 5.74) is 2.09. The fourth-order valence-corrected chi connectivity index (χ4v) is 6.18. The minimum absolute atomic E-state index is 0.0183. The number of sulfone groups is 1. The van der Waals surface area contributed by atoms with Gasteiger partial charge in [-0.1, -0.05) is 0 Å². The molecule has 1 amide bonds. The molecule has 3 heterocycles. The number of nitrogens with one attached hydrogen (secondary N) is 1. The van der Waals surface area contributed by atoms with E-state index in [1.54, 1.807) is 23.7 Å². The average molecular weight is 392 g/mol. The summed E-state index contributed by atoms with van der Waals surface area (Å²) in [6.07, 6.45) is 6.92. The zero-order valence-electron chi connectivity index (χ0n) is 14.3. The maximum Gasteiger partial charge on any atom is 0.223 e. The Hall–Kier alpha value is -1.80. The molecule has 0 saturated carbocycles. The quantitative estimate of drug-likeness (QED) is 0.864. The van der Waals surface area contributed by atoms with Crippen LogP contribution in [-0.4, -0.2) is 41.8 Å². The first-order valence-electron chi connectivity index (χ1n) is 8.90. The van der Waals surface area contributed by atoms with E-state index in [-0.39, 0.29) is 29.4 Å². The number of carbonyl (C=O) groups excluding carboxylic acids is 1. The van der Waals surface area contributed by atoms with Crippen LogP contribution >= 0.6 is 11.3 Å². The standard InChI is InChI=1S/C18H21N3O3S2/c22-17(20-14-5-9-26(23,24)10-6-14)13-1-2-16-15(11-13)21-18(25-16)12-3-7-19-8-4-12/h3-4,7-8,13-14H,1-2,5-6,9-11H2,(H,20,22). The number of hydrogen-bond donors (Lipinski definition) is 1. The molecule has 0 spiro atoms. The third-order valence-corrected chi connectivity index (χ3v) is 8.06. The fraction of sp³-hybridized carbons (Fsp3) is 0.500. The van der Waals surface area contributed by atoms with Crippen LogP contribution in [0.2, 0.25) is 0 Å². The second kappa shape index (κ2) is 7.08. The second-order valence-corrected chi connectivity index (χ2v) is 10.4. The Kier molecular flexibility index (Phi) is 4.79. The van der Waals surface area contributed by atoms with Gasteiger partial charge in [-0.25, -0.2) is 13.4 Å². The van der Waals surface area contributed by atoms with Gasteiger partial charge in [-0.05, 0) is 37.8 Å². The van der Waals surface area contributed by atoms with E-state index < -0.39 is 9.84 Å². The van der Waals surface area contributed by atoms with E-state index in [9.17, 15) is 13.2 Å². The normalized spacial score (nSPS) is 22.5. The van der Waals surface area contributed by atoms with Crippen molar-refractivity contribution in [1.29, 1.82) is 0 Å². The SMILES string of the molecule is O=C(NC1CCS(=O)(=O)CC1)C1CCc2sc(-c3ccncc3)nc2C1. The molecule has 2 aromatic rings. The summed E-state index contributed by atoms with van der Waals surface area (Å²) in [6, 6.07) is 3.88. The lowest BCUT2D eigenvalue weighted by Gasteiger charge is -2.27. The van der Waals surface area contributed by atoms with Gasteiger partial charge in [0, 0.05) is 41.2 Å². The average Bonchev–Trinajstić information content (AvgIpc) is 3.07. The summed E-state index contributed by atoms with van der Waals surface area (Å²) >= 11 is 1.70. The van der Waals surface area contributed by atoms with Gasteiger partial charge < -0.3 is 5.32 Å². The van der Waals surface area contributed by atoms with Crippen LogP contribution in [0.5, 0.6) is 0 Å². The lowest BCUT2D eigenvalue weighted by atomic mass is 9.90. The van der Waals surface area contributed by atoms with Crippen molar-refractivity contribution < 1.29 is 13.2 Å². The first-order chi connectivity index (χ1) is 12.5. The Morgan fingerprint density at radius 3 is 2.62 bits per heavy atom. The number of carbonyl (C=O) groups is 1. The molecule has 1 aliphatic heterocycles.